The van der Waals surface area contributed by atoms with Crippen molar-refractivity contribution in [3.63, 3.8) is 0 Å². The molecule has 2 aromatic heterocycles. The number of rotatable bonds is 4. The summed E-state index contributed by atoms with van der Waals surface area (Å²) in [4.78, 5) is 20.1. The van der Waals surface area contributed by atoms with Crippen molar-refractivity contribution in [3.05, 3.63) is 42.6 Å². The summed E-state index contributed by atoms with van der Waals surface area (Å²) < 4.78 is 18.3. The Morgan fingerprint density at radius 1 is 1.04 bits per heavy atom. The molecule has 3 rings (SSSR count). The molecule has 1 aliphatic rings. The molecule has 0 unspecified atom stereocenters. The zero-order valence-electron chi connectivity index (χ0n) is 14.1. The number of hydrogen-bond acceptors (Lipinski definition) is 4. The maximum atomic E-state index is 12.8. The van der Waals surface area contributed by atoms with Gasteiger partial charge in [0, 0.05) is 5.92 Å². The highest BCUT2D eigenvalue weighted by atomic mass is 19.1. The van der Waals surface area contributed by atoms with Gasteiger partial charge < -0.3 is 10.1 Å². The van der Waals surface area contributed by atoms with Gasteiger partial charge in [0.1, 0.15) is 17.3 Å². The lowest BCUT2D eigenvalue weighted by Gasteiger charge is -2.08. The number of pyridine rings is 2. The largest absolute Gasteiger partial charge is 0.454 e. The van der Waals surface area contributed by atoms with Crippen molar-refractivity contribution in [1.29, 1.82) is 0 Å². The molecule has 0 spiro atoms. The summed E-state index contributed by atoms with van der Waals surface area (Å²) in [5.41, 5.74) is -0.0363. The van der Waals surface area contributed by atoms with Crippen LogP contribution in [-0.4, -0.2) is 15.9 Å². The van der Waals surface area contributed by atoms with E-state index in [2.05, 4.69) is 43.0 Å². The van der Waals surface area contributed by atoms with Crippen molar-refractivity contribution in [2.45, 2.75) is 27.7 Å². The van der Waals surface area contributed by atoms with Crippen LogP contribution in [0.1, 0.15) is 27.7 Å². The summed E-state index contributed by atoms with van der Waals surface area (Å²) in [5.74, 6) is 0.749. The molecular formula is C18H20FN3O2. The minimum atomic E-state index is -0.565. The Morgan fingerprint density at radius 3 is 2.08 bits per heavy atom. The fourth-order valence-electron chi connectivity index (χ4n) is 3.12. The van der Waals surface area contributed by atoms with E-state index in [-0.39, 0.29) is 22.7 Å². The van der Waals surface area contributed by atoms with Crippen molar-refractivity contribution in [3.8, 4) is 11.5 Å². The van der Waals surface area contributed by atoms with E-state index in [1.54, 1.807) is 12.1 Å². The molecule has 1 aliphatic carbocycles. The number of nitrogens with one attached hydrogen (secondary N) is 1. The lowest BCUT2D eigenvalue weighted by Crippen LogP contribution is -2.18. The van der Waals surface area contributed by atoms with Gasteiger partial charge in [-0.1, -0.05) is 27.7 Å². The van der Waals surface area contributed by atoms with Gasteiger partial charge in [0.25, 0.3) is 0 Å². The molecule has 0 aromatic carbocycles. The lowest BCUT2D eigenvalue weighted by atomic mass is 10.0. The number of anilines is 1. The Bertz CT molecular complexity index is 741. The quantitative estimate of drug-likeness (QED) is 0.860. The first-order chi connectivity index (χ1) is 11.2. The molecule has 2 heterocycles. The Balaban J connectivity index is 1.63. The predicted octanol–water partition coefficient (Wildman–Crippen LogP) is 4.03. The van der Waals surface area contributed by atoms with Crippen LogP contribution in [0.2, 0.25) is 0 Å². The Hall–Kier alpha value is -2.50. The molecule has 0 aliphatic heterocycles. The van der Waals surface area contributed by atoms with Gasteiger partial charge >= 0.3 is 0 Å². The Labute approximate surface area is 140 Å². The second-order valence-corrected chi connectivity index (χ2v) is 7.16. The number of ether oxygens (including phenoxy) is 1. The molecule has 1 fully saturated rings. The standard InChI is InChI=1S/C18H20FN3O2/c1-17(2)15(18(17,3)4)16(23)22-14-8-6-12(10-21-14)24-11-5-7-13(19)20-9-11/h5-10,15H,1-4H3,(H,21,22,23). The van der Waals surface area contributed by atoms with Gasteiger partial charge in [0.05, 0.1) is 12.4 Å². The number of nitrogens with zero attached hydrogens (tertiary/aromatic N) is 2. The van der Waals surface area contributed by atoms with E-state index in [9.17, 15) is 9.18 Å². The summed E-state index contributed by atoms with van der Waals surface area (Å²) in [5, 5.41) is 2.85. The molecule has 6 heteroatoms. The molecule has 0 saturated heterocycles. The minimum absolute atomic E-state index is 0.0181. The summed E-state index contributed by atoms with van der Waals surface area (Å²) in [7, 11) is 0. The van der Waals surface area contributed by atoms with Crippen molar-refractivity contribution in [2.75, 3.05) is 5.32 Å². The maximum absolute atomic E-state index is 12.8. The van der Waals surface area contributed by atoms with Gasteiger partial charge in [0.2, 0.25) is 11.9 Å². The smallest absolute Gasteiger partial charge is 0.229 e. The summed E-state index contributed by atoms with van der Waals surface area (Å²) in [6, 6.07) is 6.06. The van der Waals surface area contributed by atoms with E-state index >= 15 is 0 Å². The minimum Gasteiger partial charge on any atom is -0.454 e. The fraction of sp³-hybridized carbons (Fsp3) is 0.389. The van der Waals surface area contributed by atoms with Crippen LogP contribution in [0.25, 0.3) is 0 Å². The molecule has 0 atom stereocenters. The van der Waals surface area contributed by atoms with Gasteiger partial charge in [-0.15, -0.1) is 0 Å². The summed E-state index contributed by atoms with van der Waals surface area (Å²) in [6.07, 6.45) is 2.80. The topological polar surface area (TPSA) is 64.1 Å². The third-order valence-electron chi connectivity index (χ3n) is 5.21. The number of aromatic nitrogens is 2. The normalized spacial score (nSPS) is 18.0. The average molecular weight is 329 g/mol. The third-order valence-corrected chi connectivity index (χ3v) is 5.21. The molecule has 2 aromatic rings. The lowest BCUT2D eigenvalue weighted by molar-refractivity contribution is -0.118. The van der Waals surface area contributed by atoms with Crippen LogP contribution in [0.5, 0.6) is 11.5 Å². The highest BCUT2D eigenvalue weighted by Gasteiger charge is 2.68. The van der Waals surface area contributed by atoms with Crippen LogP contribution < -0.4 is 10.1 Å². The van der Waals surface area contributed by atoms with Gasteiger partial charge in [0.15, 0.2) is 0 Å². The Morgan fingerprint density at radius 2 is 1.62 bits per heavy atom. The number of halogens is 1. The van der Waals surface area contributed by atoms with Crippen LogP contribution in [0, 0.1) is 22.7 Å². The van der Waals surface area contributed by atoms with Crippen LogP contribution >= 0.6 is 0 Å². The first-order valence-corrected chi connectivity index (χ1v) is 7.78. The van der Waals surface area contributed by atoms with E-state index in [4.69, 9.17) is 4.74 Å². The fourth-order valence-corrected chi connectivity index (χ4v) is 3.12. The molecule has 126 valence electrons. The molecule has 5 nitrogen and oxygen atoms in total. The molecule has 24 heavy (non-hydrogen) atoms. The molecule has 1 amide bonds. The molecule has 1 saturated carbocycles. The molecule has 0 bridgehead atoms. The Kier molecular flexibility index (Phi) is 3.78. The van der Waals surface area contributed by atoms with E-state index in [1.165, 1.54) is 24.5 Å². The van der Waals surface area contributed by atoms with Gasteiger partial charge in [-0.3, -0.25) is 4.79 Å². The van der Waals surface area contributed by atoms with E-state index in [1.807, 2.05) is 0 Å². The second-order valence-electron chi connectivity index (χ2n) is 7.16. The summed E-state index contributed by atoms with van der Waals surface area (Å²) in [6.45, 7) is 8.38. The van der Waals surface area contributed by atoms with E-state index in [0.717, 1.165) is 0 Å². The zero-order chi connectivity index (χ0) is 17.5. The third kappa shape index (κ3) is 2.84. The number of carbonyl (C=O) groups is 1. The van der Waals surface area contributed by atoms with Crippen molar-refractivity contribution < 1.29 is 13.9 Å². The zero-order valence-corrected chi connectivity index (χ0v) is 14.1. The van der Waals surface area contributed by atoms with Crippen molar-refractivity contribution in [1.82, 2.24) is 9.97 Å². The van der Waals surface area contributed by atoms with Crippen molar-refractivity contribution >= 4 is 11.7 Å². The van der Waals surface area contributed by atoms with Crippen LogP contribution in [0.4, 0.5) is 10.2 Å². The second kappa shape index (κ2) is 5.54. The SMILES string of the molecule is CC1(C)C(C(=O)Nc2ccc(Oc3ccc(F)nc3)cn2)C1(C)C. The molecule has 0 radical (unpaired) electrons. The average Bonchev–Trinajstić information content (AvgIpc) is 2.93. The van der Waals surface area contributed by atoms with Gasteiger partial charge in [-0.25, -0.2) is 9.97 Å². The summed E-state index contributed by atoms with van der Waals surface area (Å²) >= 11 is 0. The monoisotopic (exact) mass is 329 g/mol. The molecular weight excluding hydrogens is 309 g/mol. The van der Waals surface area contributed by atoms with E-state index < -0.39 is 5.95 Å². The van der Waals surface area contributed by atoms with Gasteiger partial charge in [-0.05, 0) is 35.1 Å². The van der Waals surface area contributed by atoms with Crippen molar-refractivity contribution in [2.24, 2.45) is 16.7 Å². The molecule has 1 N–H and O–H groups in total. The first-order valence-electron chi connectivity index (χ1n) is 7.78. The highest BCUT2D eigenvalue weighted by Crippen LogP contribution is 2.68. The van der Waals surface area contributed by atoms with Crippen LogP contribution in [0.15, 0.2) is 36.7 Å². The predicted molar refractivity (Wildman–Crippen MR) is 88.2 cm³/mol. The maximum Gasteiger partial charge on any atom is 0.229 e. The number of hydrogen-bond donors (Lipinski definition) is 1. The first kappa shape index (κ1) is 16.4. The number of carbonyl (C=O) groups excluding carboxylic acids is 1. The van der Waals surface area contributed by atoms with E-state index in [0.29, 0.717) is 17.3 Å². The highest BCUT2D eigenvalue weighted by molar-refractivity contribution is 5.95. The van der Waals surface area contributed by atoms with Gasteiger partial charge in [-0.2, -0.15) is 4.39 Å². The van der Waals surface area contributed by atoms with Crippen LogP contribution in [0.3, 0.4) is 0 Å². The van der Waals surface area contributed by atoms with Crippen LogP contribution in [-0.2, 0) is 4.79 Å². The number of amides is 1.